The Balaban J connectivity index is 2.85. The van der Waals surface area contributed by atoms with Gasteiger partial charge in [-0.1, -0.05) is 6.92 Å². The van der Waals surface area contributed by atoms with Crippen molar-refractivity contribution in [1.82, 2.24) is 10.3 Å². The molecule has 0 radical (unpaired) electrons. The van der Waals surface area contributed by atoms with Crippen molar-refractivity contribution in [3.8, 4) is 12.3 Å². The zero-order valence-corrected chi connectivity index (χ0v) is 9.03. The monoisotopic (exact) mass is 194 g/mol. The molecule has 1 rings (SSSR count). The predicted molar refractivity (Wildman–Crippen MR) is 57.1 cm³/mol. The van der Waals surface area contributed by atoms with Crippen LogP contribution in [0.3, 0.4) is 0 Å². The minimum absolute atomic E-state index is 0.441. The van der Waals surface area contributed by atoms with Gasteiger partial charge in [0.05, 0.1) is 5.01 Å². The number of hydrogen-bond donors (Lipinski definition) is 1. The molecular weight excluding hydrogens is 180 g/mol. The van der Waals surface area contributed by atoms with Crippen LogP contribution in [-0.2, 0) is 0 Å². The zero-order chi connectivity index (χ0) is 9.84. The Morgan fingerprint density at radius 2 is 2.38 bits per heavy atom. The zero-order valence-electron chi connectivity index (χ0n) is 8.22. The second kappa shape index (κ2) is 4.40. The van der Waals surface area contributed by atoms with E-state index in [0.29, 0.717) is 5.92 Å². The van der Waals surface area contributed by atoms with Gasteiger partial charge in [0.2, 0.25) is 0 Å². The first kappa shape index (κ1) is 10.2. The number of hydrogen-bond acceptors (Lipinski definition) is 3. The molecule has 0 aliphatic heterocycles. The van der Waals surface area contributed by atoms with E-state index in [1.807, 2.05) is 14.0 Å². The molecule has 0 fully saturated rings. The normalized spacial score (nSPS) is 12.5. The number of nitrogens with one attached hydrogen (secondary N) is 1. The van der Waals surface area contributed by atoms with Crippen LogP contribution in [0.4, 0.5) is 0 Å². The smallest absolute Gasteiger partial charge is 0.127 e. The van der Waals surface area contributed by atoms with Gasteiger partial charge >= 0.3 is 0 Å². The molecule has 0 amide bonds. The topological polar surface area (TPSA) is 24.9 Å². The first-order valence-corrected chi connectivity index (χ1v) is 5.09. The van der Waals surface area contributed by atoms with E-state index >= 15 is 0 Å². The highest BCUT2D eigenvalue weighted by atomic mass is 32.1. The molecule has 1 heterocycles. The van der Waals surface area contributed by atoms with Crippen LogP contribution in [0.25, 0.3) is 0 Å². The molecule has 0 spiro atoms. The highest BCUT2D eigenvalue weighted by Crippen LogP contribution is 2.23. The molecule has 0 aliphatic rings. The second-order valence-corrected chi connectivity index (χ2v) is 4.29. The van der Waals surface area contributed by atoms with Crippen LogP contribution in [0, 0.1) is 19.3 Å². The van der Waals surface area contributed by atoms with Crippen molar-refractivity contribution < 1.29 is 0 Å². The van der Waals surface area contributed by atoms with E-state index in [1.54, 1.807) is 11.3 Å². The maximum absolute atomic E-state index is 5.32. The average molecular weight is 194 g/mol. The number of aryl methyl sites for hydroxylation is 1. The average Bonchev–Trinajstić information content (AvgIpc) is 2.47. The summed E-state index contributed by atoms with van der Waals surface area (Å²) in [6, 6.07) is 0. The van der Waals surface area contributed by atoms with Crippen molar-refractivity contribution in [3.63, 3.8) is 0 Å². The lowest BCUT2D eigenvalue weighted by atomic mass is 10.2. The van der Waals surface area contributed by atoms with Gasteiger partial charge in [-0.2, -0.15) is 0 Å². The summed E-state index contributed by atoms with van der Waals surface area (Å²) >= 11 is 1.69. The van der Waals surface area contributed by atoms with Crippen LogP contribution < -0.4 is 5.32 Å². The van der Waals surface area contributed by atoms with Gasteiger partial charge in [0.25, 0.3) is 0 Å². The molecule has 0 bridgehead atoms. The molecule has 1 aromatic rings. The Morgan fingerprint density at radius 1 is 1.69 bits per heavy atom. The van der Waals surface area contributed by atoms with E-state index in [9.17, 15) is 0 Å². The summed E-state index contributed by atoms with van der Waals surface area (Å²) in [7, 11) is 1.94. The van der Waals surface area contributed by atoms with E-state index in [1.165, 1.54) is 0 Å². The van der Waals surface area contributed by atoms with Gasteiger partial charge in [-0.05, 0) is 19.9 Å². The molecule has 1 atom stereocenters. The van der Waals surface area contributed by atoms with Crippen LogP contribution in [0.1, 0.15) is 28.4 Å². The molecular formula is C10H14N2S. The van der Waals surface area contributed by atoms with Crippen molar-refractivity contribution in [3.05, 3.63) is 15.6 Å². The molecule has 0 aliphatic carbocycles. The lowest BCUT2D eigenvalue weighted by molar-refractivity contribution is 0.673. The van der Waals surface area contributed by atoms with Crippen molar-refractivity contribution in [2.45, 2.75) is 19.8 Å². The van der Waals surface area contributed by atoms with Gasteiger partial charge < -0.3 is 5.32 Å². The van der Waals surface area contributed by atoms with Gasteiger partial charge in [0, 0.05) is 17.3 Å². The number of aromatic nitrogens is 1. The Hall–Kier alpha value is -0.850. The first-order valence-electron chi connectivity index (χ1n) is 4.27. The lowest BCUT2D eigenvalue weighted by Crippen LogP contribution is -2.14. The molecule has 1 unspecified atom stereocenters. The minimum atomic E-state index is 0.441. The third kappa shape index (κ3) is 2.30. The quantitative estimate of drug-likeness (QED) is 0.742. The first-order chi connectivity index (χ1) is 6.19. The summed E-state index contributed by atoms with van der Waals surface area (Å²) in [4.78, 5) is 5.53. The molecule has 3 heteroatoms. The lowest BCUT2D eigenvalue weighted by Gasteiger charge is -2.05. The van der Waals surface area contributed by atoms with E-state index in [2.05, 4.69) is 23.1 Å². The number of thiazole rings is 1. The van der Waals surface area contributed by atoms with Crippen LogP contribution in [0.5, 0.6) is 0 Å². The highest BCUT2D eigenvalue weighted by Gasteiger charge is 2.11. The maximum atomic E-state index is 5.32. The van der Waals surface area contributed by atoms with Crippen molar-refractivity contribution in [2.24, 2.45) is 0 Å². The standard InChI is InChI=1S/C10H14N2S/c1-5-9-8(3)13-10(12-9)7(2)6-11-4/h1,7,11H,6H2,2-4H3. The van der Waals surface area contributed by atoms with Crippen LogP contribution in [0.2, 0.25) is 0 Å². The molecule has 0 saturated carbocycles. The summed E-state index contributed by atoms with van der Waals surface area (Å²) < 4.78 is 0. The van der Waals surface area contributed by atoms with Crippen molar-refractivity contribution >= 4 is 11.3 Å². The summed E-state index contributed by atoms with van der Waals surface area (Å²) in [5, 5.41) is 4.25. The molecule has 70 valence electrons. The fourth-order valence-electron chi connectivity index (χ4n) is 1.16. The summed E-state index contributed by atoms with van der Waals surface area (Å²) in [6.45, 7) is 5.11. The van der Waals surface area contributed by atoms with Gasteiger partial charge in [0.15, 0.2) is 0 Å². The van der Waals surface area contributed by atoms with Crippen molar-refractivity contribution in [2.75, 3.05) is 13.6 Å². The minimum Gasteiger partial charge on any atom is -0.319 e. The van der Waals surface area contributed by atoms with Gasteiger partial charge in [0.1, 0.15) is 5.69 Å². The number of terminal acetylenes is 1. The molecule has 13 heavy (non-hydrogen) atoms. The van der Waals surface area contributed by atoms with Gasteiger partial charge in [-0.15, -0.1) is 17.8 Å². The molecule has 0 saturated heterocycles. The second-order valence-electron chi connectivity index (χ2n) is 3.06. The van der Waals surface area contributed by atoms with E-state index in [-0.39, 0.29) is 0 Å². The summed E-state index contributed by atoms with van der Waals surface area (Å²) in [5.74, 6) is 3.03. The van der Waals surface area contributed by atoms with E-state index in [0.717, 1.165) is 22.1 Å². The SMILES string of the molecule is C#Cc1nc(C(C)CNC)sc1C. The number of rotatable bonds is 3. The molecule has 1 N–H and O–H groups in total. The van der Waals surface area contributed by atoms with E-state index in [4.69, 9.17) is 6.42 Å². The molecule has 0 aromatic carbocycles. The number of nitrogens with zero attached hydrogens (tertiary/aromatic N) is 1. The maximum Gasteiger partial charge on any atom is 0.127 e. The Labute approximate surface area is 83.4 Å². The van der Waals surface area contributed by atoms with Crippen LogP contribution in [0.15, 0.2) is 0 Å². The van der Waals surface area contributed by atoms with Crippen LogP contribution in [-0.4, -0.2) is 18.6 Å². The summed E-state index contributed by atoms with van der Waals surface area (Å²) in [5.41, 5.74) is 0.794. The Bertz CT molecular complexity index is 322. The fraction of sp³-hybridized carbons (Fsp3) is 0.500. The van der Waals surface area contributed by atoms with Crippen molar-refractivity contribution in [1.29, 1.82) is 0 Å². The van der Waals surface area contributed by atoms with E-state index < -0.39 is 0 Å². The van der Waals surface area contributed by atoms with Gasteiger partial charge in [-0.3, -0.25) is 0 Å². The predicted octanol–water partition coefficient (Wildman–Crippen LogP) is 1.76. The molecule has 2 nitrogen and oxygen atoms in total. The summed E-state index contributed by atoms with van der Waals surface area (Å²) in [6.07, 6.45) is 5.32. The third-order valence-corrected chi connectivity index (χ3v) is 3.08. The molecule has 1 aromatic heterocycles. The fourth-order valence-corrected chi connectivity index (χ4v) is 2.09. The Morgan fingerprint density at radius 3 is 2.85 bits per heavy atom. The third-order valence-electron chi connectivity index (χ3n) is 1.88. The highest BCUT2D eigenvalue weighted by molar-refractivity contribution is 7.11. The van der Waals surface area contributed by atoms with Crippen LogP contribution >= 0.6 is 11.3 Å². The number of likely N-dealkylation sites (N-methyl/N-ethyl adjacent to an activating group) is 1. The Kier molecular flexibility index (Phi) is 3.47. The largest absolute Gasteiger partial charge is 0.319 e. The van der Waals surface area contributed by atoms with Gasteiger partial charge in [-0.25, -0.2) is 4.98 Å².